The highest BCUT2D eigenvalue weighted by molar-refractivity contribution is 7.98. The van der Waals surface area contributed by atoms with Gasteiger partial charge in [-0.25, -0.2) is 9.67 Å². The summed E-state index contributed by atoms with van der Waals surface area (Å²) in [6, 6.07) is 14.2. The van der Waals surface area contributed by atoms with Gasteiger partial charge in [0.1, 0.15) is 5.39 Å². The van der Waals surface area contributed by atoms with Gasteiger partial charge in [-0.2, -0.15) is 18.3 Å². The van der Waals surface area contributed by atoms with Crippen LogP contribution in [0.5, 0.6) is 0 Å². The lowest BCUT2D eigenvalue weighted by molar-refractivity contribution is -0.137. The van der Waals surface area contributed by atoms with Crippen molar-refractivity contribution in [3.05, 3.63) is 82.3 Å². The van der Waals surface area contributed by atoms with Gasteiger partial charge >= 0.3 is 6.18 Å². The van der Waals surface area contributed by atoms with Crippen molar-refractivity contribution in [2.45, 2.75) is 17.1 Å². The van der Waals surface area contributed by atoms with Crippen LogP contribution in [0.1, 0.15) is 11.1 Å². The maximum Gasteiger partial charge on any atom is 0.416 e. The van der Waals surface area contributed by atoms with E-state index < -0.39 is 11.7 Å². The number of rotatable bonds is 4. The van der Waals surface area contributed by atoms with Crippen LogP contribution in [0.3, 0.4) is 0 Å². The Bertz CT molecular complexity index is 1170. The van der Waals surface area contributed by atoms with Crippen molar-refractivity contribution in [2.75, 3.05) is 0 Å². The van der Waals surface area contributed by atoms with E-state index in [9.17, 15) is 18.0 Å². The summed E-state index contributed by atoms with van der Waals surface area (Å²) in [6.07, 6.45) is -2.90. The fraction of sp³-hybridized carbons (Fsp3) is 0.105. The fourth-order valence-corrected chi connectivity index (χ4v) is 3.48. The minimum atomic E-state index is -4.36. The highest BCUT2D eigenvalue weighted by Gasteiger charge is 2.29. The van der Waals surface area contributed by atoms with E-state index in [1.54, 1.807) is 4.68 Å². The molecule has 0 fully saturated rings. The van der Waals surface area contributed by atoms with Gasteiger partial charge in [0.05, 0.1) is 17.4 Å². The van der Waals surface area contributed by atoms with Gasteiger partial charge in [-0.15, -0.1) is 0 Å². The van der Waals surface area contributed by atoms with E-state index in [0.717, 1.165) is 17.8 Å². The first-order valence-electron chi connectivity index (χ1n) is 8.24. The summed E-state index contributed by atoms with van der Waals surface area (Å²) < 4.78 is 39.5. The Hall–Kier alpha value is -3.07. The molecule has 0 spiro atoms. The monoisotopic (exact) mass is 402 g/mol. The molecule has 0 saturated carbocycles. The molecule has 0 bridgehead atoms. The SMILES string of the molecule is O=c1[nH]c(SCc2ccc(C(F)(F)F)cc2)nc2c1cnn2-c1ccccc1. The van der Waals surface area contributed by atoms with Gasteiger partial charge in [-0.3, -0.25) is 4.79 Å². The third-order valence-corrected chi connectivity index (χ3v) is 5.02. The predicted molar refractivity (Wildman–Crippen MR) is 100 cm³/mol. The number of fused-ring (bicyclic) bond motifs is 1. The van der Waals surface area contributed by atoms with Crippen LogP contribution in [0, 0.1) is 0 Å². The largest absolute Gasteiger partial charge is 0.416 e. The molecule has 2 aromatic heterocycles. The van der Waals surface area contributed by atoms with Gasteiger partial charge in [-0.1, -0.05) is 42.1 Å². The van der Waals surface area contributed by atoms with Gasteiger partial charge in [0.2, 0.25) is 0 Å². The topological polar surface area (TPSA) is 63.6 Å². The zero-order valence-electron chi connectivity index (χ0n) is 14.3. The van der Waals surface area contributed by atoms with Crippen LogP contribution >= 0.6 is 11.8 Å². The highest BCUT2D eigenvalue weighted by atomic mass is 32.2. The van der Waals surface area contributed by atoms with E-state index in [1.807, 2.05) is 30.3 Å². The minimum Gasteiger partial charge on any atom is -0.301 e. The first-order valence-corrected chi connectivity index (χ1v) is 9.23. The zero-order valence-corrected chi connectivity index (χ0v) is 15.1. The molecule has 5 nitrogen and oxygen atoms in total. The Kier molecular flexibility index (Phi) is 4.68. The number of alkyl halides is 3. The van der Waals surface area contributed by atoms with Crippen LogP contribution in [0.25, 0.3) is 16.7 Å². The van der Waals surface area contributed by atoms with Crippen molar-refractivity contribution < 1.29 is 13.2 Å². The number of H-pyrrole nitrogens is 1. The quantitative estimate of drug-likeness (QED) is 0.405. The lowest BCUT2D eigenvalue weighted by Crippen LogP contribution is -2.09. The summed E-state index contributed by atoms with van der Waals surface area (Å²) in [6.45, 7) is 0. The second-order valence-corrected chi connectivity index (χ2v) is 6.95. The number of nitrogens with zero attached hydrogens (tertiary/aromatic N) is 3. The minimum absolute atomic E-state index is 0.317. The smallest absolute Gasteiger partial charge is 0.301 e. The number of aromatic amines is 1. The number of hydrogen-bond donors (Lipinski definition) is 1. The number of nitrogens with one attached hydrogen (secondary N) is 1. The molecule has 0 unspecified atom stereocenters. The Labute approximate surface area is 161 Å². The standard InChI is InChI=1S/C19H13F3N4OS/c20-19(21,22)13-8-6-12(7-9-13)11-28-18-24-16-15(17(27)25-18)10-23-26(16)14-4-2-1-3-5-14/h1-10H,11H2,(H,24,25,27). The van der Waals surface area contributed by atoms with E-state index in [4.69, 9.17) is 0 Å². The van der Waals surface area contributed by atoms with Crippen molar-refractivity contribution in [1.29, 1.82) is 0 Å². The molecule has 0 atom stereocenters. The number of hydrogen-bond acceptors (Lipinski definition) is 4. The second-order valence-electron chi connectivity index (χ2n) is 5.98. The molecule has 28 heavy (non-hydrogen) atoms. The number of thioether (sulfide) groups is 1. The van der Waals surface area contributed by atoms with E-state index in [-0.39, 0.29) is 5.56 Å². The maximum atomic E-state index is 12.6. The Morgan fingerprint density at radius 3 is 2.43 bits per heavy atom. The summed E-state index contributed by atoms with van der Waals surface area (Å²) in [7, 11) is 0. The molecule has 0 radical (unpaired) electrons. The zero-order chi connectivity index (χ0) is 19.7. The molecule has 9 heteroatoms. The van der Waals surface area contributed by atoms with Crippen LogP contribution in [0.4, 0.5) is 13.2 Å². The summed E-state index contributed by atoms with van der Waals surface area (Å²) in [5.74, 6) is 0.367. The molecule has 2 heterocycles. The molecule has 4 rings (SSSR count). The summed E-state index contributed by atoms with van der Waals surface area (Å²) in [5.41, 5.74) is 0.875. The van der Waals surface area contributed by atoms with E-state index in [2.05, 4.69) is 15.1 Å². The third kappa shape index (κ3) is 3.65. The summed E-state index contributed by atoms with van der Waals surface area (Å²) in [5, 5.41) is 4.97. The molecule has 0 aliphatic carbocycles. The average molecular weight is 402 g/mol. The molecule has 0 amide bonds. The molecular weight excluding hydrogens is 389 g/mol. The second kappa shape index (κ2) is 7.16. The van der Waals surface area contributed by atoms with Crippen molar-refractivity contribution in [1.82, 2.24) is 19.7 Å². The van der Waals surface area contributed by atoms with Crippen molar-refractivity contribution in [2.24, 2.45) is 0 Å². The average Bonchev–Trinajstić information content (AvgIpc) is 3.11. The molecular formula is C19H13F3N4OS. The maximum absolute atomic E-state index is 12.6. The predicted octanol–water partition coefficient (Wildman–Crippen LogP) is 4.42. The van der Waals surface area contributed by atoms with Gasteiger partial charge < -0.3 is 4.98 Å². The van der Waals surface area contributed by atoms with Crippen molar-refractivity contribution in [3.8, 4) is 5.69 Å². The molecule has 0 aliphatic rings. The van der Waals surface area contributed by atoms with Crippen LogP contribution in [-0.4, -0.2) is 19.7 Å². The fourth-order valence-electron chi connectivity index (χ4n) is 2.67. The van der Waals surface area contributed by atoms with Crippen LogP contribution in [0.15, 0.2) is 70.7 Å². The van der Waals surface area contributed by atoms with Gasteiger partial charge in [0.25, 0.3) is 5.56 Å². The Morgan fingerprint density at radius 2 is 1.75 bits per heavy atom. The lowest BCUT2D eigenvalue weighted by Gasteiger charge is -2.07. The Morgan fingerprint density at radius 1 is 1.04 bits per heavy atom. The van der Waals surface area contributed by atoms with Crippen molar-refractivity contribution in [3.63, 3.8) is 0 Å². The van der Waals surface area contributed by atoms with Gasteiger partial charge in [-0.05, 0) is 29.8 Å². The van der Waals surface area contributed by atoms with Crippen LogP contribution < -0.4 is 5.56 Å². The first kappa shape index (κ1) is 18.3. The summed E-state index contributed by atoms with van der Waals surface area (Å²) in [4.78, 5) is 19.5. The molecule has 2 aromatic carbocycles. The van der Waals surface area contributed by atoms with Crippen LogP contribution in [-0.2, 0) is 11.9 Å². The molecule has 142 valence electrons. The van der Waals surface area contributed by atoms with Gasteiger partial charge in [0, 0.05) is 5.75 Å². The van der Waals surface area contributed by atoms with E-state index in [0.29, 0.717) is 27.5 Å². The molecule has 4 aromatic rings. The van der Waals surface area contributed by atoms with Gasteiger partial charge in [0.15, 0.2) is 10.8 Å². The normalized spacial score (nSPS) is 11.8. The van der Waals surface area contributed by atoms with E-state index in [1.165, 1.54) is 30.1 Å². The first-order chi connectivity index (χ1) is 13.4. The van der Waals surface area contributed by atoms with E-state index >= 15 is 0 Å². The highest BCUT2D eigenvalue weighted by Crippen LogP contribution is 2.30. The molecule has 0 aliphatic heterocycles. The lowest BCUT2D eigenvalue weighted by atomic mass is 10.1. The number of halogens is 3. The molecule has 0 saturated heterocycles. The Balaban J connectivity index is 1.60. The van der Waals surface area contributed by atoms with Crippen molar-refractivity contribution >= 4 is 22.8 Å². The summed E-state index contributed by atoms with van der Waals surface area (Å²) >= 11 is 1.23. The number of para-hydroxylation sites is 1. The van der Waals surface area contributed by atoms with Crippen LogP contribution in [0.2, 0.25) is 0 Å². The number of aromatic nitrogens is 4. The third-order valence-electron chi connectivity index (χ3n) is 4.07. The molecule has 1 N–H and O–H groups in total. The number of benzene rings is 2.